The first kappa shape index (κ1) is 12.3. The van der Waals surface area contributed by atoms with Crippen molar-refractivity contribution in [3.05, 3.63) is 45.5 Å². The molecule has 1 aromatic heterocycles. The van der Waals surface area contributed by atoms with Gasteiger partial charge >= 0.3 is 5.97 Å². The summed E-state index contributed by atoms with van der Waals surface area (Å²) < 4.78 is 14.9. The number of aromatic nitrogens is 1. The Hall–Kier alpha value is -2.17. The molecular formula is C13H12FNO3. The van der Waals surface area contributed by atoms with Gasteiger partial charge in [0.15, 0.2) is 0 Å². The first-order chi connectivity index (χ1) is 8.43. The molecule has 94 valence electrons. The van der Waals surface area contributed by atoms with Gasteiger partial charge in [-0.3, -0.25) is 9.59 Å². The van der Waals surface area contributed by atoms with E-state index >= 15 is 0 Å². The molecule has 0 saturated carbocycles. The lowest BCUT2D eigenvalue weighted by atomic mass is 10.0. The zero-order chi connectivity index (χ0) is 13.4. The van der Waals surface area contributed by atoms with Crippen LogP contribution in [-0.4, -0.2) is 15.6 Å². The third-order valence-corrected chi connectivity index (χ3v) is 3.07. The summed E-state index contributed by atoms with van der Waals surface area (Å²) in [6, 6.07) is 4.50. The van der Waals surface area contributed by atoms with Crippen molar-refractivity contribution in [1.29, 1.82) is 0 Å². The maximum Gasteiger partial charge on any atom is 0.308 e. The van der Waals surface area contributed by atoms with Crippen LogP contribution in [0, 0.1) is 12.7 Å². The minimum atomic E-state index is -1.08. The van der Waals surface area contributed by atoms with E-state index in [4.69, 9.17) is 5.11 Å². The topological polar surface area (TPSA) is 59.3 Å². The molecule has 1 aromatic carbocycles. The number of halogens is 1. The minimum Gasteiger partial charge on any atom is -0.481 e. The normalized spacial score (nSPS) is 10.8. The first-order valence-corrected chi connectivity index (χ1v) is 5.42. The molecule has 0 aliphatic heterocycles. The lowest BCUT2D eigenvalue weighted by Crippen LogP contribution is -2.25. The van der Waals surface area contributed by atoms with E-state index in [1.807, 2.05) is 0 Å². The Morgan fingerprint density at radius 1 is 1.44 bits per heavy atom. The molecule has 0 spiro atoms. The van der Waals surface area contributed by atoms with Crippen LogP contribution in [0.5, 0.6) is 0 Å². The molecule has 0 radical (unpaired) electrons. The van der Waals surface area contributed by atoms with E-state index in [2.05, 4.69) is 0 Å². The molecule has 18 heavy (non-hydrogen) atoms. The van der Waals surface area contributed by atoms with E-state index < -0.39 is 17.3 Å². The number of carbonyl (C=O) groups is 1. The van der Waals surface area contributed by atoms with Crippen molar-refractivity contribution < 1.29 is 14.3 Å². The second-order valence-electron chi connectivity index (χ2n) is 4.17. The van der Waals surface area contributed by atoms with Crippen molar-refractivity contribution in [1.82, 2.24) is 4.57 Å². The second kappa shape index (κ2) is 4.25. The lowest BCUT2D eigenvalue weighted by molar-refractivity contribution is -0.136. The summed E-state index contributed by atoms with van der Waals surface area (Å²) in [6.45, 7) is 1.64. The number of rotatable bonds is 2. The van der Waals surface area contributed by atoms with Gasteiger partial charge in [0.1, 0.15) is 5.82 Å². The van der Waals surface area contributed by atoms with Crippen LogP contribution >= 0.6 is 0 Å². The van der Waals surface area contributed by atoms with Gasteiger partial charge in [0.05, 0.1) is 11.9 Å². The number of aliphatic carboxylic acids is 1. The van der Waals surface area contributed by atoms with Gasteiger partial charge in [-0.2, -0.15) is 0 Å². The fourth-order valence-electron chi connectivity index (χ4n) is 2.15. The average molecular weight is 249 g/mol. The molecule has 0 bridgehead atoms. The van der Waals surface area contributed by atoms with Gasteiger partial charge in [-0.05, 0) is 18.6 Å². The number of pyridine rings is 1. The lowest BCUT2D eigenvalue weighted by Gasteiger charge is -2.12. The van der Waals surface area contributed by atoms with E-state index in [1.165, 1.54) is 13.1 Å². The van der Waals surface area contributed by atoms with Crippen molar-refractivity contribution in [2.24, 2.45) is 7.05 Å². The number of benzene rings is 1. The van der Waals surface area contributed by atoms with Crippen molar-refractivity contribution in [3.8, 4) is 0 Å². The molecule has 1 heterocycles. The van der Waals surface area contributed by atoms with Crippen LogP contribution in [0.1, 0.15) is 11.1 Å². The van der Waals surface area contributed by atoms with Crippen LogP contribution in [-0.2, 0) is 18.3 Å². The summed E-state index contributed by atoms with van der Waals surface area (Å²) in [5.41, 5.74) is 0.458. The highest BCUT2D eigenvalue weighted by Crippen LogP contribution is 2.21. The molecule has 0 atom stereocenters. The fourth-order valence-corrected chi connectivity index (χ4v) is 2.15. The molecule has 0 unspecified atom stereocenters. The van der Waals surface area contributed by atoms with Gasteiger partial charge in [-0.1, -0.05) is 12.1 Å². The van der Waals surface area contributed by atoms with Crippen LogP contribution in [0.4, 0.5) is 4.39 Å². The van der Waals surface area contributed by atoms with E-state index in [-0.39, 0.29) is 17.5 Å². The smallest absolute Gasteiger partial charge is 0.308 e. The number of hydrogen-bond donors (Lipinski definition) is 1. The molecule has 0 fully saturated rings. The Morgan fingerprint density at radius 2 is 2.11 bits per heavy atom. The molecule has 2 rings (SSSR count). The summed E-state index contributed by atoms with van der Waals surface area (Å²) in [6.07, 6.45) is -0.356. The molecule has 0 aliphatic rings. The summed E-state index contributed by atoms with van der Waals surface area (Å²) in [7, 11) is 1.44. The molecule has 5 heteroatoms. The van der Waals surface area contributed by atoms with Gasteiger partial charge in [0.2, 0.25) is 0 Å². The number of para-hydroxylation sites is 1. The third-order valence-electron chi connectivity index (χ3n) is 3.07. The zero-order valence-electron chi connectivity index (χ0n) is 10.0. The monoisotopic (exact) mass is 249 g/mol. The third kappa shape index (κ3) is 1.77. The van der Waals surface area contributed by atoms with Crippen LogP contribution in [0.25, 0.3) is 10.9 Å². The first-order valence-electron chi connectivity index (χ1n) is 5.42. The summed E-state index contributed by atoms with van der Waals surface area (Å²) in [5.74, 6) is -1.57. The number of aryl methyl sites for hydroxylation is 2. The highest BCUT2D eigenvalue weighted by Gasteiger charge is 2.16. The van der Waals surface area contributed by atoms with Gasteiger partial charge in [0, 0.05) is 18.0 Å². The molecular weight excluding hydrogens is 237 g/mol. The van der Waals surface area contributed by atoms with E-state index in [9.17, 15) is 14.0 Å². The Morgan fingerprint density at radius 3 is 2.72 bits per heavy atom. The molecule has 1 N–H and O–H groups in total. The van der Waals surface area contributed by atoms with Crippen LogP contribution in [0.15, 0.2) is 23.0 Å². The number of hydrogen-bond acceptors (Lipinski definition) is 2. The van der Waals surface area contributed by atoms with Crippen molar-refractivity contribution in [2.45, 2.75) is 13.3 Å². The minimum absolute atomic E-state index is 0.197. The Labute approximate surface area is 102 Å². The molecule has 2 aromatic rings. The van der Waals surface area contributed by atoms with Crippen molar-refractivity contribution >= 4 is 16.9 Å². The number of carboxylic acids is 1. The SMILES string of the molecule is Cc1c(CC(=O)O)c(=O)n(C)c2c(F)cccc12. The number of carboxylic acid groups (broad SMARTS) is 1. The quantitative estimate of drug-likeness (QED) is 0.879. The predicted molar refractivity (Wildman–Crippen MR) is 65.2 cm³/mol. The second-order valence-corrected chi connectivity index (χ2v) is 4.17. The highest BCUT2D eigenvalue weighted by molar-refractivity contribution is 5.85. The fraction of sp³-hybridized carbons (Fsp3) is 0.231. The summed E-state index contributed by atoms with van der Waals surface area (Å²) >= 11 is 0. The van der Waals surface area contributed by atoms with Gasteiger partial charge in [0.25, 0.3) is 5.56 Å². The maximum atomic E-state index is 13.7. The number of fused-ring (bicyclic) bond motifs is 1. The van der Waals surface area contributed by atoms with Crippen LogP contribution in [0.2, 0.25) is 0 Å². The molecule has 0 saturated heterocycles. The maximum absolute atomic E-state index is 13.7. The van der Waals surface area contributed by atoms with Gasteiger partial charge in [-0.25, -0.2) is 4.39 Å². The van der Waals surface area contributed by atoms with Crippen LogP contribution in [0.3, 0.4) is 0 Å². The van der Waals surface area contributed by atoms with Crippen molar-refractivity contribution in [2.75, 3.05) is 0 Å². The molecule has 4 nitrogen and oxygen atoms in total. The Kier molecular flexibility index (Phi) is 2.90. The van der Waals surface area contributed by atoms with E-state index in [0.717, 1.165) is 4.57 Å². The number of nitrogens with zero attached hydrogens (tertiary/aromatic N) is 1. The largest absolute Gasteiger partial charge is 0.481 e. The summed E-state index contributed by atoms with van der Waals surface area (Å²) in [5, 5.41) is 9.37. The molecule has 0 aliphatic carbocycles. The summed E-state index contributed by atoms with van der Waals surface area (Å²) in [4.78, 5) is 22.8. The van der Waals surface area contributed by atoms with E-state index in [1.54, 1.807) is 19.1 Å². The standard InChI is InChI=1S/C13H12FNO3/c1-7-8-4-3-5-10(14)12(8)15(2)13(18)9(7)6-11(16)17/h3-5H,6H2,1-2H3,(H,16,17). The predicted octanol–water partition coefficient (Wildman–Crippen LogP) is 1.61. The highest BCUT2D eigenvalue weighted by atomic mass is 19.1. The Balaban J connectivity index is 2.92. The zero-order valence-corrected chi connectivity index (χ0v) is 10.0. The van der Waals surface area contributed by atoms with Crippen molar-refractivity contribution in [3.63, 3.8) is 0 Å². The van der Waals surface area contributed by atoms with Gasteiger partial charge < -0.3 is 9.67 Å². The van der Waals surface area contributed by atoms with Crippen LogP contribution < -0.4 is 5.56 Å². The van der Waals surface area contributed by atoms with E-state index in [0.29, 0.717) is 10.9 Å². The molecule has 0 amide bonds. The average Bonchev–Trinajstić information content (AvgIpc) is 2.31. The van der Waals surface area contributed by atoms with Gasteiger partial charge in [-0.15, -0.1) is 0 Å². The Bertz CT molecular complexity index is 703.